The van der Waals surface area contributed by atoms with Crippen molar-refractivity contribution in [1.29, 1.82) is 0 Å². The van der Waals surface area contributed by atoms with Crippen LogP contribution in [0.5, 0.6) is 0 Å². The molecule has 1 aromatic rings. The number of imide groups is 1. The van der Waals surface area contributed by atoms with E-state index in [0.717, 1.165) is 4.90 Å². The normalized spacial score (nSPS) is 28.0. The first-order valence-corrected chi connectivity index (χ1v) is 10.1. The van der Waals surface area contributed by atoms with Crippen LogP contribution in [0.4, 0.5) is 5.69 Å². The maximum atomic E-state index is 12.6. The average Bonchev–Trinajstić information content (AvgIpc) is 2.80. The maximum absolute atomic E-state index is 12.6. The summed E-state index contributed by atoms with van der Waals surface area (Å²) in [5.74, 6) is -1.76. The Morgan fingerprint density at radius 1 is 1.04 bits per heavy atom. The minimum Gasteiger partial charge on any atom is -0.325 e. The molecule has 6 nitrogen and oxygen atoms in total. The second kappa shape index (κ2) is 7.60. The molecule has 0 spiro atoms. The van der Waals surface area contributed by atoms with Crippen molar-refractivity contribution in [3.63, 3.8) is 0 Å². The fourth-order valence-corrected chi connectivity index (χ4v) is 4.69. The van der Waals surface area contributed by atoms with Gasteiger partial charge in [-0.1, -0.05) is 31.9 Å². The van der Waals surface area contributed by atoms with Crippen LogP contribution in [0.25, 0.3) is 0 Å². The summed E-state index contributed by atoms with van der Waals surface area (Å²) < 4.78 is 0. The molecule has 2 aliphatic rings. The molecule has 0 aromatic heterocycles. The van der Waals surface area contributed by atoms with E-state index in [-0.39, 0.29) is 45.6 Å². The third-order valence-corrected chi connectivity index (χ3v) is 7.61. The van der Waals surface area contributed by atoms with Gasteiger partial charge in [0.05, 0.1) is 11.8 Å². The Labute approximate surface area is 167 Å². The van der Waals surface area contributed by atoms with Gasteiger partial charge in [-0.3, -0.25) is 24.1 Å². The summed E-state index contributed by atoms with van der Waals surface area (Å²) in [6, 6.07) is 6.47. The molecule has 1 aromatic carbocycles. The van der Waals surface area contributed by atoms with Crippen LogP contribution in [0.1, 0.15) is 30.1 Å². The Morgan fingerprint density at radius 2 is 1.54 bits per heavy atom. The predicted octanol–water partition coefficient (Wildman–Crippen LogP) is 2.75. The largest absolute Gasteiger partial charge is 0.325 e. The van der Waals surface area contributed by atoms with Crippen molar-refractivity contribution in [3.05, 3.63) is 29.8 Å². The van der Waals surface area contributed by atoms with Crippen LogP contribution >= 0.6 is 31.9 Å². The standard InChI is InChI=1S/C18H18Br2N2O4/c1-9(23)10-2-4-11(5-3-10)21-16(24)8-22-17(25)12-6-14(19)15(20)7-13(12)18(22)26/h2-5,12-15H,6-8H2,1H3,(H,21,24)/t12-,13+,14+,15-. The van der Waals surface area contributed by atoms with Crippen LogP contribution in [0.3, 0.4) is 0 Å². The lowest BCUT2D eigenvalue weighted by molar-refractivity contribution is -0.142. The highest BCUT2D eigenvalue weighted by Gasteiger charge is 2.52. The van der Waals surface area contributed by atoms with Gasteiger partial charge in [0.15, 0.2) is 5.78 Å². The Hall–Kier alpha value is -1.54. The number of nitrogens with one attached hydrogen (secondary N) is 1. The molecule has 8 heteroatoms. The number of nitrogens with zero attached hydrogens (tertiary/aromatic N) is 1. The highest BCUT2D eigenvalue weighted by atomic mass is 79.9. The number of benzene rings is 1. The fourth-order valence-electron chi connectivity index (χ4n) is 3.45. The second-order valence-corrected chi connectivity index (χ2v) is 9.01. The number of carbonyl (C=O) groups excluding carboxylic acids is 4. The number of carbonyl (C=O) groups is 4. The molecule has 1 N–H and O–H groups in total. The third-order valence-electron chi connectivity index (χ3n) is 4.88. The van der Waals surface area contributed by atoms with Crippen molar-refractivity contribution in [2.45, 2.75) is 29.4 Å². The molecule has 1 saturated carbocycles. The van der Waals surface area contributed by atoms with Gasteiger partial charge in [-0.15, -0.1) is 0 Å². The SMILES string of the molecule is CC(=O)c1ccc(NC(=O)CN2C(=O)[C@H]3C[C@@H](Br)[C@@H](Br)C[C@H]3C2=O)cc1. The van der Waals surface area contributed by atoms with Crippen LogP contribution in [0.2, 0.25) is 0 Å². The zero-order valence-corrected chi connectivity index (χ0v) is 17.2. The van der Waals surface area contributed by atoms with Gasteiger partial charge in [0.2, 0.25) is 17.7 Å². The molecule has 0 unspecified atom stereocenters. The summed E-state index contributed by atoms with van der Waals surface area (Å²) in [6.45, 7) is 1.17. The molecule has 2 fully saturated rings. The quantitative estimate of drug-likeness (QED) is 0.403. The highest BCUT2D eigenvalue weighted by Crippen LogP contribution is 2.43. The van der Waals surface area contributed by atoms with E-state index in [1.807, 2.05) is 0 Å². The first-order chi connectivity index (χ1) is 12.3. The number of hydrogen-bond donors (Lipinski definition) is 1. The molecule has 1 heterocycles. The third kappa shape index (κ3) is 3.76. The van der Waals surface area contributed by atoms with E-state index in [2.05, 4.69) is 37.2 Å². The topological polar surface area (TPSA) is 83.6 Å². The Bertz CT molecular complexity index is 737. The smallest absolute Gasteiger partial charge is 0.244 e. The number of rotatable bonds is 4. The molecular formula is C18H18Br2N2O4. The minimum atomic E-state index is -0.438. The fraction of sp³-hybridized carbons (Fsp3) is 0.444. The second-order valence-electron chi connectivity index (χ2n) is 6.66. The van der Waals surface area contributed by atoms with Gasteiger partial charge in [-0.2, -0.15) is 0 Å². The Balaban J connectivity index is 1.65. The minimum absolute atomic E-state index is 0.0612. The summed E-state index contributed by atoms with van der Waals surface area (Å²) in [5, 5.41) is 2.66. The molecule has 4 atom stereocenters. The molecule has 0 bridgehead atoms. The molecule has 3 rings (SSSR count). The number of likely N-dealkylation sites (tertiary alicyclic amines) is 1. The predicted molar refractivity (Wildman–Crippen MR) is 103 cm³/mol. The first-order valence-electron chi connectivity index (χ1n) is 8.32. The van der Waals surface area contributed by atoms with Crippen LogP contribution in [0, 0.1) is 11.8 Å². The molecule has 26 heavy (non-hydrogen) atoms. The molecule has 3 amide bonds. The van der Waals surface area contributed by atoms with Crippen molar-refractivity contribution in [1.82, 2.24) is 4.90 Å². The lowest BCUT2D eigenvalue weighted by atomic mass is 9.81. The average molecular weight is 486 g/mol. The summed E-state index contributed by atoms with van der Waals surface area (Å²) >= 11 is 7.07. The van der Waals surface area contributed by atoms with Gasteiger partial charge in [0, 0.05) is 20.9 Å². The van der Waals surface area contributed by atoms with Gasteiger partial charge >= 0.3 is 0 Å². The number of hydrogen-bond acceptors (Lipinski definition) is 4. The zero-order valence-electron chi connectivity index (χ0n) is 14.1. The van der Waals surface area contributed by atoms with E-state index in [1.165, 1.54) is 6.92 Å². The van der Waals surface area contributed by atoms with Crippen LogP contribution in [-0.4, -0.2) is 44.6 Å². The number of alkyl halides is 2. The lowest BCUT2D eigenvalue weighted by Gasteiger charge is -2.29. The Morgan fingerprint density at radius 3 is 2.00 bits per heavy atom. The van der Waals surface area contributed by atoms with E-state index in [4.69, 9.17) is 0 Å². The van der Waals surface area contributed by atoms with E-state index < -0.39 is 5.91 Å². The van der Waals surface area contributed by atoms with Crippen molar-refractivity contribution >= 4 is 61.1 Å². The number of halogens is 2. The zero-order chi connectivity index (χ0) is 19.0. The van der Waals surface area contributed by atoms with Crippen LogP contribution < -0.4 is 5.32 Å². The van der Waals surface area contributed by atoms with Crippen molar-refractivity contribution in [2.75, 3.05) is 11.9 Å². The molecule has 0 radical (unpaired) electrons. The molecule has 1 aliphatic heterocycles. The lowest BCUT2D eigenvalue weighted by Crippen LogP contribution is -2.38. The van der Waals surface area contributed by atoms with E-state index in [0.29, 0.717) is 24.1 Å². The number of fused-ring (bicyclic) bond motifs is 1. The summed E-state index contributed by atoms with van der Waals surface area (Å²) in [5.41, 5.74) is 1.06. The van der Waals surface area contributed by atoms with Crippen molar-refractivity contribution < 1.29 is 19.2 Å². The Kier molecular flexibility index (Phi) is 5.62. The molecule has 1 saturated heterocycles. The number of anilines is 1. The van der Waals surface area contributed by atoms with Gasteiger partial charge < -0.3 is 5.32 Å². The molecular weight excluding hydrogens is 468 g/mol. The van der Waals surface area contributed by atoms with Crippen LogP contribution in [0.15, 0.2) is 24.3 Å². The maximum Gasteiger partial charge on any atom is 0.244 e. The van der Waals surface area contributed by atoms with E-state index in [1.54, 1.807) is 24.3 Å². The number of amides is 3. The molecule has 1 aliphatic carbocycles. The van der Waals surface area contributed by atoms with Gasteiger partial charge in [-0.25, -0.2) is 0 Å². The first kappa shape index (κ1) is 19.2. The van der Waals surface area contributed by atoms with Gasteiger partial charge in [0.25, 0.3) is 0 Å². The van der Waals surface area contributed by atoms with E-state index in [9.17, 15) is 19.2 Å². The monoisotopic (exact) mass is 484 g/mol. The molecule has 138 valence electrons. The van der Waals surface area contributed by atoms with Gasteiger partial charge in [-0.05, 0) is 44.0 Å². The van der Waals surface area contributed by atoms with Gasteiger partial charge in [0.1, 0.15) is 6.54 Å². The summed E-state index contributed by atoms with van der Waals surface area (Å²) in [4.78, 5) is 50.0. The van der Waals surface area contributed by atoms with E-state index >= 15 is 0 Å². The number of ketones is 1. The summed E-state index contributed by atoms with van der Waals surface area (Å²) in [7, 11) is 0. The van der Waals surface area contributed by atoms with Crippen molar-refractivity contribution in [2.24, 2.45) is 11.8 Å². The van der Waals surface area contributed by atoms with Crippen molar-refractivity contribution in [3.8, 4) is 0 Å². The number of Topliss-reactive ketones (excluding diaryl/α,β-unsaturated/α-hetero) is 1. The summed E-state index contributed by atoms with van der Waals surface area (Å²) in [6.07, 6.45) is 1.16. The highest BCUT2D eigenvalue weighted by molar-refractivity contribution is 9.12. The van der Waals surface area contributed by atoms with Crippen LogP contribution in [-0.2, 0) is 14.4 Å².